The number of para-hydroxylation sites is 1. The zero-order chi connectivity index (χ0) is 27.2. The average Bonchev–Trinajstić information content (AvgIpc) is 2.92. The molecule has 1 fully saturated rings. The molecule has 2 aliphatic heterocycles. The van der Waals surface area contributed by atoms with Crippen molar-refractivity contribution < 1.29 is 38.3 Å². The third-order valence-electron chi connectivity index (χ3n) is 5.64. The van der Waals surface area contributed by atoms with Crippen LogP contribution in [0.1, 0.15) is 12.5 Å². The van der Waals surface area contributed by atoms with Gasteiger partial charge >= 0.3 is 11.9 Å². The number of carbonyl (C=O) groups is 4. The lowest BCUT2D eigenvalue weighted by atomic mass is 10.0. The Labute approximate surface area is 221 Å². The molecule has 4 rings (SSSR count). The lowest BCUT2D eigenvalue weighted by molar-refractivity contribution is -0.384. The van der Waals surface area contributed by atoms with E-state index in [0.29, 0.717) is 16.9 Å². The number of rotatable bonds is 10. The summed E-state index contributed by atoms with van der Waals surface area (Å²) >= 11 is 1.31. The molecule has 0 radical (unpaired) electrons. The summed E-state index contributed by atoms with van der Waals surface area (Å²) in [6, 6.07) is 13.4. The Morgan fingerprint density at radius 1 is 1.08 bits per heavy atom. The molecule has 1 N–H and O–H groups in total. The van der Waals surface area contributed by atoms with Gasteiger partial charge in [0.25, 0.3) is 17.5 Å². The highest BCUT2D eigenvalue weighted by Gasteiger charge is 2.54. The molecule has 0 aromatic heterocycles. The van der Waals surface area contributed by atoms with Crippen LogP contribution < -0.4 is 10.1 Å². The largest absolute Gasteiger partial charge is 0.484 e. The van der Waals surface area contributed by atoms with Crippen molar-refractivity contribution in [3.8, 4) is 5.75 Å². The Hall–Kier alpha value is -4.39. The third kappa shape index (κ3) is 6.11. The van der Waals surface area contributed by atoms with Crippen LogP contribution in [0.25, 0.3) is 0 Å². The second-order valence-corrected chi connectivity index (χ2v) is 9.39. The summed E-state index contributed by atoms with van der Waals surface area (Å²) < 4.78 is 15.9. The fourth-order valence-electron chi connectivity index (χ4n) is 3.78. The first-order valence-corrected chi connectivity index (χ1v) is 12.5. The van der Waals surface area contributed by atoms with Crippen LogP contribution in [-0.2, 0) is 35.3 Å². The number of benzene rings is 2. The highest BCUT2D eigenvalue weighted by Crippen LogP contribution is 2.40. The molecule has 198 valence electrons. The number of nitrogens with zero attached hydrogens (tertiary/aromatic N) is 2. The van der Waals surface area contributed by atoms with E-state index in [1.165, 1.54) is 47.9 Å². The summed E-state index contributed by atoms with van der Waals surface area (Å²) in [5.74, 6) is -1.62. The number of nitro benzene ring substituents is 1. The molecule has 2 amide bonds. The molecule has 2 heterocycles. The van der Waals surface area contributed by atoms with Crippen LogP contribution in [-0.4, -0.2) is 64.0 Å². The van der Waals surface area contributed by atoms with Gasteiger partial charge in [0.05, 0.1) is 4.92 Å². The van der Waals surface area contributed by atoms with Crippen molar-refractivity contribution in [2.75, 3.05) is 19.0 Å². The number of carbonyl (C=O) groups excluding carboxylic acids is 4. The number of hydrogen-bond donors (Lipinski definition) is 1. The number of nitro groups is 1. The van der Waals surface area contributed by atoms with Crippen molar-refractivity contribution in [2.24, 2.45) is 0 Å². The second-order valence-electron chi connectivity index (χ2n) is 8.29. The van der Waals surface area contributed by atoms with Crippen molar-refractivity contribution in [3.05, 3.63) is 81.5 Å². The van der Waals surface area contributed by atoms with E-state index in [4.69, 9.17) is 14.2 Å². The summed E-state index contributed by atoms with van der Waals surface area (Å²) in [5, 5.41) is 12.9. The quantitative estimate of drug-likeness (QED) is 0.204. The van der Waals surface area contributed by atoms with Crippen LogP contribution >= 0.6 is 11.8 Å². The van der Waals surface area contributed by atoms with Gasteiger partial charge in [0.2, 0.25) is 0 Å². The number of amides is 2. The lowest BCUT2D eigenvalue weighted by Crippen LogP contribution is -2.71. The summed E-state index contributed by atoms with van der Waals surface area (Å²) in [4.78, 5) is 61.4. The van der Waals surface area contributed by atoms with Gasteiger partial charge in [-0.15, -0.1) is 11.8 Å². The van der Waals surface area contributed by atoms with Crippen molar-refractivity contribution in [3.63, 3.8) is 0 Å². The Morgan fingerprint density at radius 3 is 2.45 bits per heavy atom. The van der Waals surface area contributed by atoms with Crippen LogP contribution in [0.4, 0.5) is 5.69 Å². The van der Waals surface area contributed by atoms with Gasteiger partial charge < -0.3 is 19.5 Å². The maximum absolute atomic E-state index is 13.1. The van der Waals surface area contributed by atoms with Crippen LogP contribution in [0.3, 0.4) is 0 Å². The molecule has 0 spiro atoms. The average molecular weight is 542 g/mol. The molecule has 2 atom stereocenters. The molecule has 0 saturated carbocycles. The van der Waals surface area contributed by atoms with Crippen molar-refractivity contribution in [2.45, 2.75) is 24.9 Å². The molecule has 1 unspecified atom stereocenters. The van der Waals surface area contributed by atoms with Crippen molar-refractivity contribution in [1.82, 2.24) is 10.2 Å². The van der Waals surface area contributed by atoms with E-state index in [1.807, 2.05) is 6.07 Å². The van der Waals surface area contributed by atoms with Crippen LogP contribution in [0.2, 0.25) is 0 Å². The van der Waals surface area contributed by atoms with Gasteiger partial charge in [0.15, 0.2) is 6.61 Å². The number of ether oxygens (including phenoxy) is 3. The maximum Gasteiger partial charge on any atom is 0.355 e. The Kier molecular flexibility index (Phi) is 8.26. The normalized spacial score (nSPS) is 18.1. The highest BCUT2D eigenvalue weighted by molar-refractivity contribution is 8.00. The first-order chi connectivity index (χ1) is 18.2. The predicted molar refractivity (Wildman–Crippen MR) is 134 cm³/mol. The van der Waals surface area contributed by atoms with Gasteiger partial charge in [-0.05, 0) is 29.8 Å². The lowest BCUT2D eigenvalue weighted by Gasteiger charge is -2.49. The predicted octanol–water partition coefficient (Wildman–Crippen LogP) is 1.93. The van der Waals surface area contributed by atoms with Gasteiger partial charge in [-0.3, -0.25) is 29.4 Å². The highest BCUT2D eigenvalue weighted by atomic mass is 32.2. The fraction of sp³-hybridized carbons (Fsp3) is 0.280. The smallest absolute Gasteiger partial charge is 0.355 e. The van der Waals surface area contributed by atoms with E-state index < -0.39 is 40.1 Å². The molecule has 2 aromatic rings. The minimum absolute atomic E-state index is 0.0482. The maximum atomic E-state index is 13.1. The standard InChI is InChI=1S/C25H23N3O9S/c1-15(29)35-12-17-14-38-24-21(26-20(30)13-36-19-5-3-2-4-6-19)23(31)27(24)22(17)25(32)37-11-16-7-9-18(10-8-16)28(33)34/h2-10,21,24H,11-14H2,1H3,(H,26,30)/t21?,24-/m1/s1. The van der Waals surface area contributed by atoms with Gasteiger partial charge in [0, 0.05) is 30.4 Å². The van der Waals surface area contributed by atoms with E-state index in [0.717, 1.165) is 0 Å². The molecule has 1 saturated heterocycles. The van der Waals surface area contributed by atoms with E-state index in [2.05, 4.69) is 5.32 Å². The summed E-state index contributed by atoms with van der Waals surface area (Å²) in [5.41, 5.74) is 0.743. The van der Waals surface area contributed by atoms with Gasteiger partial charge in [-0.2, -0.15) is 0 Å². The zero-order valence-electron chi connectivity index (χ0n) is 20.2. The van der Waals surface area contributed by atoms with Gasteiger partial charge in [-0.1, -0.05) is 18.2 Å². The van der Waals surface area contributed by atoms with Crippen LogP contribution in [0, 0.1) is 10.1 Å². The first kappa shape index (κ1) is 26.7. The Bertz CT molecular complexity index is 1280. The fourth-order valence-corrected chi connectivity index (χ4v) is 5.11. The topological polar surface area (TPSA) is 154 Å². The first-order valence-electron chi connectivity index (χ1n) is 11.4. The van der Waals surface area contributed by atoms with E-state index in [-0.39, 0.29) is 37.0 Å². The summed E-state index contributed by atoms with van der Waals surface area (Å²) in [6.07, 6.45) is 0. The zero-order valence-corrected chi connectivity index (χ0v) is 21.0. The third-order valence-corrected chi connectivity index (χ3v) is 6.98. The number of fused-ring (bicyclic) bond motifs is 1. The minimum Gasteiger partial charge on any atom is -0.484 e. The van der Waals surface area contributed by atoms with E-state index in [1.54, 1.807) is 24.3 Å². The number of thioether (sulfide) groups is 1. The monoisotopic (exact) mass is 541 g/mol. The Morgan fingerprint density at radius 2 is 1.79 bits per heavy atom. The van der Waals surface area contributed by atoms with Crippen molar-refractivity contribution >= 4 is 41.2 Å². The number of β-lactam (4-membered cyclic amide) rings is 1. The minimum atomic E-state index is -0.875. The molecule has 2 aliphatic rings. The molecule has 38 heavy (non-hydrogen) atoms. The summed E-state index contributed by atoms with van der Waals surface area (Å²) in [7, 11) is 0. The number of nitrogens with one attached hydrogen (secondary N) is 1. The van der Waals surface area contributed by atoms with Crippen molar-refractivity contribution in [1.29, 1.82) is 0 Å². The molecule has 12 nitrogen and oxygen atoms in total. The number of hydrogen-bond acceptors (Lipinski definition) is 10. The van der Waals surface area contributed by atoms with E-state index in [9.17, 15) is 29.3 Å². The van der Waals surface area contributed by atoms with Gasteiger partial charge in [0.1, 0.15) is 36.1 Å². The molecule has 0 bridgehead atoms. The molecule has 2 aromatic carbocycles. The second kappa shape index (κ2) is 11.8. The number of esters is 2. The molecule has 0 aliphatic carbocycles. The SMILES string of the molecule is CC(=O)OCC1=C(C(=O)OCc2ccc([N+](=O)[O-])cc2)N2C(=O)C(NC(=O)COc3ccccc3)[C@H]2SC1. The molecular formula is C25H23N3O9S. The van der Waals surface area contributed by atoms with Gasteiger partial charge in [-0.25, -0.2) is 4.79 Å². The molecular weight excluding hydrogens is 518 g/mol. The van der Waals surface area contributed by atoms with Crippen LogP contribution in [0.5, 0.6) is 5.75 Å². The van der Waals surface area contributed by atoms with Crippen LogP contribution in [0.15, 0.2) is 65.9 Å². The molecule has 13 heteroatoms. The Balaban J connectivity index is 1.43. The summed E-state index contributed by atoms with van der Waals surface area (Å²) in [6.45, 7) is 0.535. The number of non-ortho nitro benzene ring substituents is 1. The van der Waals surface area contributed by atoms with E-state index >= 15 is 0 Å².